The SMILES string of the molecule is CCC(C)S(=O)(=O)CCNCCOC. The highest BCUT2D eigenvalue weighted by molar-refractivity contribution is 7.92. The van der Waals surface area contributed by atoms with E-state index in [0.29, 0.717) is 26.1 Å². The largest absolute Gasteiger partial charge is 0.383 e. The van der Waals surface area contributed by atoms with Crippen LogP contribution in [0.2, 0.25) is 0 Å². The minimum atomic E-state index is -2.90. The number of nitrogens with one attached hydrogen (secondary N) is 1. The Labute approximate surface area is 86.9 Å². The minimum Gasteiger partial charge on any atom is -0.383 e. The molecule has 0 rings (SSSR count). The molecule has 1 unspecified atom stereocenters. The van der Waals surface area contributed by atoms with Crippen LogP contribution in [-0.4, -0.2) is 46.2 Å². The molecule has 0 aliphatic heterocycles. The van der Waals surface area contributed by atoms with Gasteiger partial charge >= 0.3 is 0 Å². The van der Waals surface area contributed by atoms with E-state index in [1.165, 1.54) is 0 Å². The predicted molar refractivity (Wildman–Crippen MR) is 58.3 cm³/mol. The van der Waals surface area contributed by atoms with Crippen molar-refractivity contribution in [2.24, 2.45) is 0 Å². The minimum absolute atomic E-state index is 0.214. The van der Waals surface area contributed by atoms with Crippen LogP contribution < -0.4 is 5.32 Å². The van der Waals surface area contributed by atoms with Gasteiger partial charge in [-0.3, -0.25) is 0 Å². The summed E-state index contributed by atoms with van der Waals surface area (Å²) in [5.74, 6) is 0.214. The van der Waals surface area contributed by atoms with Crippen LogP contribution in [0.4, 0.5) is 0 Å². The first kappa shape index (κ1) is 13.9. The molecule has 1 N–H and O–H groups in total. The molecule has 5 heteroatoms. The van der Waals surface area contributed by atoms with E-state index in [0.717, 1.165) is 0 Å². The van der Waals surface area contributed by atoms with E-state index in [9.17, 15) is 8.42 Å². The molecule has 4 nitrogen and oxygen atoms in total. The van der Waals surface area contributed by atoms with Gasteiger partial charge in [-0.2, -0.15) is 0 Å². The Morgan fingerprint density at radius 1 is 1.36 bits per heavy atom. The summed E-state index contributed by atoms with van der Waals surface area (Å²) in [7, 11) is -1.28. The summed E-state index contributed by atoms with van der Waals surface area (Å²) in [6.45, 7) is 5.47. The first-order valence-corrected chi connectivity index (χ1v) is 6.67. The highest BCUT2D eigenvalue weighted by Crippen LogP contribution is 2.04. The summed E-state index contributed by atoms with van der Waals surface area (Å²) in [5.41, 5.74) is 0. The van der Waals surface area contributed by atoms with Crippen LogP contribution in [-0.2, 0) is 14.6 Å². The standard InChI is InChI=1S/C9H21NO3S/c1-4-9(2)14(11,12)8-6-10-5-7-13-3/h9-10H,4-8H2,1-3H3. The van der Waals surface area contributed by atoms with Gasteiger partial charge in [0, 0.05) is 20.2 Å². The molecule has 0 saturated heterocycles. The maximum Gasteiger partial charge on any atom is 0.154 e. The molecule has 0 bridgehead atoms. The lowest BCUT2D eigenvalue weighted by molar-refractivity contribution is 0.200. The number of rotatable bonds is 8. The average Bonchev–Trinajstić information content (AvgIpc) is 2.16. The molecule has 0 heterocycles. The highest BCUT2D eigenvalue weighted by Gasteiger charge is 2.17. The zero-order chi connectivity index (χ0) is 11.0. The Bertz CT molecular complexity index is 226. The summed E-state index contributed by atoms with van der Waals surface area (Å²) in [6, 6.07) is 0. The van der Waals surface area contributed by atoms with Gasteiger partial charge in [0.2, 0.25) is 0 Å². The maximum atomic E-state index is 11.5. The summed E-state index contributed by atoms with van der Waals surface area (Å²) >= 11 is 0. The number of ether oxygens (including phenoxy) is 1. The second-order valence-electron chi connectivity index (χ2n) is 3.33. The molecular formula is C9H21NO3S. The molecule has 0 radical (unpaired) electrons. The van der Waals surface area contributed by atoms with Gasteiger partial charge in [0.25, 0.3) is 0 Å². The molecule has 0 saturated carbocycles. The van der Waals surface area contributed by atoms with Gasteiger partial charge in [0.05, 0.1) is 17.6 Å². The van der Waals surface area contributed by atoms with Crippen LogP contribution in [0.3, 0.4) is 0 Å². The maximum absolute atomic E-state index is 11.5. The van der Waals surface area contributed by atoms with Gasteiger partial charge < -0.3 is 10.1 Å². The predicted octanol–water partition coefficient (Wildman–Crippen LogP) is 0.436. The van der Waals surface area contributed by atoms with E-state index in [1.54, 1.807) is 14.0 Å². The van der Waals surface area contributed by atoms with E-state index in [-0.39, 0.29) is 11.0 Å². The summed E-state index contributed by atoms with van der Waals surface area (Å²) in [6.07, 6.45) is 0.681. The normalized spacial score (nSPS) is 14.2. The average molecular weight is 223 g/mol. The smallest absolute Gasteiger partial charge is 0.154 e. The molecule has 86 valence electrons. The Morgan fingerprint density at radius 2 is 2.00 bits per heavy atom. The third kappa shape index (κ3) is 5.57. The first-order valence-electron chi connectivity index (χ1n) is 4.95. The fraction of sp³-hybridized carbons (Fsp3) is 1.00. The van der Waals surface area contributed by atoms with Crippen molar-refractivity contribution in [3.05, 3.63) is 0 Å². The second kappa shape index (κ2) is 7.20. The van der Waals surface area contributed by atoms with Crippen molar-refractivity contribution in [2.45, 2.75) is 25.5 Å². The summed E-state index contributed by atoms with van der Waals surface area (Å²) < 4.78 is 27.9. The second-order valence-corrected chi connectivity index (χ2v) is 5.87. The van der Waals surface area contributed by atoms with Crippen LogP contribution >= 0.6 is 0 Å². The highest BCUT2D eigenvalue weighted by atomic mass is 32.2. The van der Waals surface area contributed by atoms with Gasteiger partial charge in [-0.05, 0) is 13.3 Å². The molecule has 0 fully saturated rings. The van der Waals surface area contributed by atoms with Gasteiger partial charge in [0.15, 0.2) is 9.84 Å². The molecule has 0 aliphatic rings. The third-order valence-electron chi connectivity index (χ3n) is 2.23. The van der Waals surface area contributed by atoms with Crippen molar-refractivity contribution in [1.29, 1.82) is 0 Å². The van der Waals surface area contributed by atoms with Gasteiger partial charge in [-0.15, -0.1) is 0 Å². The van der Waals surface area contributed by atoms with Gasteiger partial charge in [-0.1, -0.05) is 6.92 Å². The molecule has 14 heavy (non-hydrogen) atoms. The lowest BCUT2D eigenvalue weighted by Crippen LogP contribution is -2.29. The quantitative estimate of drug-likeness (QED) is 0.607. The molecule has 0 amide bonds. The topological polar surface area (TPSA) is 55.4 Å². The Hall–Kier alpha value is -0.130. The van der Waals surface area contributed by atoms with Crippen LogP contribution in [0, 0.1) is 0 Å². The lowest BCUT2D eigenvalue weighted by Gasteiger charge is -2.10. The number of methoxy groups -OCH3 is 1. The van der Waals surface area contributed by atoms with E-state index < -0.39 is 9.84 Å². The summed E-state index contributed by atoms with van der Waals surface area (Å²) in [5, 5.41) is 2.79. The number of hydrogen-bond donors (Lipinski definition) is 1. The van der Waals surface area contributed by atoms with Crippen LogP contribution in [0.25, 0.3) is 0 Å². The third-order valence-corrected chi connectivity index (χ3v) is 4.57. The van der Waals surface area contributed by atoms with E-state index in [4.69, 9.17) is 4.74 Å². The van der Waals surface area contributed by atoms with Crippen molar-refractivity contribution >= 4 is 9.84 Å². The van der Waals surface area contributed by atoms with E-state index >= 15 is 0 Å². The summed E-state index contributed by atoms with van der Waals surface area (Å²) in [4.78, 5) is 0. The first-order chi connectivity index (χ1) is 6.54. The molecule has 0 aromatic carbocycles. The van der Waals surface area contributed by atoms with Crippen LogP contribution in [0.5, 0.6) is 0 Å². The van der Waals surface area contributed by atoms with Gasteiger partial charge in [0.1, 0.15) is 0 Å². The molecule has 0 spiro atoms. The molecule has 0 aliphatic carbocycles. The van der Waals surface area contributed by atoms with E-state index in [1.807, 2.05) is 6.92 Å². The van der Waals surface area contributed by atoms with Crippen molar-refractivity contribution in [3.8, 4) is 0 Å². The van der Waals surface area contributed by atoms with Crippen LogP contribution in [0.15, 0.2) is 0 Å². The number of sulfone groups is 1. The van der Waals surface area contributed by atoms with Crippen molar-refractivity contribution < 1.29 is 13.2 Å². The molecule has 1 atom stereocenters. The van der Waals surface area contributed by atoms with Crippen molar-refractivity contribution in [2.75, 3.05) is 32.6 Å². The Kier molecular flexibility index (Phi) is 7.13. The van der Waals surface area contributed by atoms with Gasteiger partial charge in [-0.25, -0.2) is 8.42 Å². The molecule has 0 aromatic rings. The number of hydrogen-bond acceptors (Lipinski definition) is 4. The fourth-order valence-electron chi connectivity index (χ4n) is 0.969. The fourth-order valence-corrected chi connectivity index (χ4v) is 2.31. The van der Waals surface area contributed by atoms with E-state index in [2.05, 4.69) is 5.32 Å². The zero-order valence-electron chi connectivity index (χ0n) is 9.25. The zero-order valence-corrected chi connectivity index (χ0v) is 10.1. The Balaban J connectivity index is 3.67. The Morgan fingerprint density at radius 3 is 2.50 bits per heavy atom. The van der Waals surface area contributed by atoms with Crippen LogP contribution in [0.1, 0.15) is 20.3 Å². The molecular weight excluding hydrogens is 202 g/mol. The monoisotopic (exact) mass is 223 g/mol. The van der Waals surface area contributed by atoms with Crippen molar-refractivity contribution in [1.82, 2.24) is 5.32 Å². The molecule has 0 aromatic heterocycles. The van der Waals surface area contributed by atoms with Crippen molar-refractivity contribution in [3.63, 3.8) is 0 Å². The lowest BCUT2D eigenvalue weighted by atomic mass is 10.4.